The van der Waals surface area contributed by atoms with Gasteiger partial charge >= 0.3 is 5.97 Å². The van der Waals surface area contributed by atoms with Crippen molar-refractivity contribution in [3.05, 3.63) is 59.7 Å². The van der Waals surface area contributed by atoms with Gasteiger partial charge in [-0.05, 0) is 60.1 Å². The lowest BCUT2D eigenvalue weighted by atomic mass is 9.68. The number of hydrogen-bond acceptors (Lipinski definition) is 4. The highest BCUT2D eigenvalue weighted by Gasteiger charge is 2.42. The van der Waals surface area contributed by atoms with E-state index in [9.17, 15) is 15.0 Å². The first-order valence-corrected chi connectivity index (χ1v) is 10.5. The average Bonchev–Trinajstić information content (AvgIpc) is 2.73. The molecule has 1 aliphatic carbocycles. The lowest BCUT2D eigenvalue weighted by Gasteiger charge is -2.38. The van der Waals surface area contributed by atoms with Gasteiger partial charge in [0.1, 0.15) is 6.23 Å². The molecule has 3 rings (SSSR count). The van der Waals surface area contributed by atoms with Crippen LogP contribution in [0, 0.1) is 11.8 Å². The van der Waals surface area contributed by atoms with Crippen LogP contribution >= 0.6 is 0 Å². The lowest BCUT2D eigenvalue weighted by Crippen LogP contribution is -2.42. The van der Waals surface area contributed by atoms with E-state index in [-0.39, 0.29) is 11.8 Å². The molecule has 2 aromatic rings. The Hall–Kier alpha value is -2.53. The summed E-state index contributed by atoms with van der Waals surface area (Å²) in [4.78, 5) is 12.2. The molecule has 1 fully saturated rings. The van der Waals surface area contributed by atoms with Crippen LogP contribution in [0.1, 0.15) is 56.1 Å². The van der Waals surface area contributed by atoms with E-state index in [1.165, 1.54) is 5.56 Å². The molecule has 0 spiro atoms. The molecule has 4 N–H and O–H groups in total. The summed E-state index contributed by atoms with van der Waals surface area (Å²) in [7, 11) is 1.86. The first kappa shape index (κ1) is 21.2. The molecular weight excluding hydrogens is 364 g/mol. The molecule has 0 saturated heterocycles. The molecule has 5 nitrogen and oxygen atoms in total. The Labute approximate surface area is 173 Å². The van der Waals surface area contributed by atoms with Crippen molar-refractivity contribution in [1.29, 1.82) is 0 Å². The third kappa shape index (κ3) is 4.91. The zero-order valence-corrected chi connectivity index (χ0v) is 17.4. The first-order chi connectivity index (χ1) is 13.9. The lowest BCUT2D eigenvalue weighted by molar-refractivity contribution is -0.148. The SMILES string of the molecule is CNc1ccc([C@H]2CCC[C@H](C(O)Nc3ccc(C(C)C)cc3)[C@@H]2C(=O)O)cc1. The Bertz CT molecular complexity index is 802. The van der Waals surface area contributed by atoms with Gasteiger partial charge in [-0.3, -0.25) is 4.79 Å². The van der Waals surface area contributed by atoms with E-state index in [0.717, 1.165) is 29.8 Å². The number of nitrogens with one attached hydrogen (secondary N) is 2. The van der Waals surface area contributed by atoms with E-state index in [2.05, 4.69) is 24.5 Å². The Morgan fingerprint density at radius 1 is 1.00 bits per heavy atom. The largest absolute Gasteiger partial charge is 0.481 e. The highest BCUT2D eigenvalue weighted by atomic mass is 16.4. The second-order valence-electron chi connectivity index (χ2n) is 8.30. The second kappa shape index (κ2) is 9.31. The number of anilines is 2. The zero-order chi connectivity index (χ0) is 21.0. The van der Waals surface area contributed by atoms with E-state index < -0.39 is 18.1 Å². The van der Waals surface area contributed by atoms with Gasteiger partial charge in [0.05, 0.1) is 5.92 Å². The monoisotopic (exact) mass is 396 g/mol. The molecule has 1 unspecified atom stereocenters. The van der Waals surface area contributed by atoms with Crippen molar-refractivity contribution in [3.63, 3.8) is 0 Å². The molecule has 156 valence electrons. The third-order valence-corrected chi connectivity index (χ3v) is 6.16. The van der Waals surface area contributed by atoms with Gasteiger partial charge in [0, 0.05) is 24.3 Å². The normalized spacial score (nSPS) is 22.9. The minimum absolute atomic E-state index is 0.100. The summed E-state index contributed by atoms with van der Waals surface area (Å²) in [6.07, 6.45) is 1.51. The average molecular weight is 397 g/mol. The molecule has 0 bridgehead atoms. The second-order valence-corrected chi connectivity index (χ2v) is 8.30. The summed E-state index contributed by atoms with van der Waals surface area (Å²) in [6, 6.07) is 15.9. The number of aliphatic hydroxyl groups is 1. The summed E-state index contributed by atoms with van der Waals surface area (Å²) >= 11 is 0. The van der Waals surface area contributed by atoms with E-state index in [4.69, 9.17) is 0 Å². The molecule has 0 radical (unpaired) electrons. The molecule has 1 saturated carbocycles. The van der Waals surface area contributed by atoms with Gasteiger partial charge in [0.2, 0.25) is 0 Å². The number of aliphatic hydroxyl groups excluding tert-OH is 1. The maximum Gasteiger partial charge on any atom is 0.307 e. The smallest absolute Gasteiger partial charge is 0.307 e. The molecule has 0 heterocycles. The Morgan fingerprint density at radius 3 is 2.17 bits per heavy atom. The van der Waals surface area contributed by atoms with Crippen molar-refractivity contribution >= 4 is 17.3 Å². The van der Waals surface area contributed by atoms with Gasteiger partial charge in [-0.2, -0.15) is 0 Å². The minimum Gasteiger partial charge on any atom is -0.481 e. The van der Waals surface area contributed by atoms with E-state index in [1.807, 2.05) is 55.6 Å². The van der Waals surface area contributed by atoms with Gasteiger partial charge in [0.15, 0.2) is 0 Å². The maximum atomic E-state index is 12.2. The molecule has 2 aromatic carbocycles. The zero-order valence-electron chi connectivity index (χ0n) is 17.4. The van der Waals surface area contributed by atoms with E-state index >= 15 is 0 Å². The quantitative estimate of drug-likeness (QED) is 0.502. The van der Waals surface area contributed by atoms with Crippen molar-refractivity contribution in [2.75, 3.05) is 17.7 Å². The van der Waals surface area contributed by atoms with Gasteiger partial charge in [-0.15, -0.1) is 0 Å². The van der Waals surface area contributed by atoms with Crippen LogP contribution in [-0.4, -0.2) is 29.5 Å². The van der Waals surface area contributed by atoms with Gasteiger partial charge in [0.25, 0.3) is 0 Å². The topological polar surface area (TPSA) is 81.6 Å². The van der Waals surface area contributed by atoms with Gasteiger partial charge < -0.3 is 20.8 Å². The predicted octanol–water partition coefficient (Wildman–Crippen LogP) is 4.87. The van der Waals surface area contributed by atoms with Crippen LogP contribution in [0.4, 0.5) is 11.4 Å². The fourth-order valence-electron chi connectivity index (χ4n) is 4.45. The summed E-state index contributed by atoms with van der Waals surface area (Å²) < 4.78 is 0. The minimum atomic E-state index is -0.902. The summed E-state index contributed by atoms with van der Waals surface area (Å²) in [6.45, 7) is 4.28. The maximum absolute atomic E-state index is 12.2. The van der Waals surface area contributed by atoms with E-state index in [1.54, 1.807) is 0 Å². The van der Waals surface area contributed by atoms with Crippen LogP contribution in [0.3, 0.4) is 0 Å². The fourth-order valence-corrected chi connectivity index (χ4v) is 4.45. The van der Waals surface area contributed by atoms with Crippen molar-refractivity contribution in [3.8, 4) is 0 Å². The van der Waals surface area contributed by atoms with Crippen molar-refractivity contribution in [2.24, 2.45) is 11.8 Å². The standard InChI is InChI=1S/C24H32N2O3/c1-15(2)16-7-13-19(14-8-16)26-23(27)21-6-4-5-20(22(21)24(28)29)17-9-11-18(25-3)12-10-17/h7-15,20-23,25-27H,4-6H2,1-3H3,(H,28,29)/t20-,21+,22-,23?/m1/s1. The van der Waals surface area contributed by atoms with Crippen LogP contribution in [-0.2, 0) is 4.79 Å². The summed E-state index contributed by atoms with van der Waals surface area (Å²) in [5.41, 5.74) is 4.07. The Morgan fingerprint density at radius 2 is 1.62 bits per heavy atom. The highest BCUT2D eigenvalue weighted by molar-refractivity contribution is 5.72. The van der Waals surface area contributed by atoms with Crippen LogP contribution < -0.4 is 10.6 Å². The summed E-state index contributed by atoms with van der Waals surface area (Å²) in [5, 5.41) is 27.1. The van der Waals surface area contributed by atoms with Gasteiger partial charge in [-0.1, -0.05) is 44.5 Å². The molecule has 1 aliphatic rings. The predicted molar refractivity (Wildman–Crippen MR) is 117 cm³/mol. The molecule has 4 atom stereocenters. The van der Waals surface area contributed by atoms with Gasteiger partial charge in [-0.25, -0.2) is 0 Å². The third-order valence-electron chi connectivity index (χ3n) is 6.16. The molecule has 5 heteroatoms. The number of carboxylic acids is 1. The molecule has 29 heavy (non-hydrogen) atoms. The molecule has 0 aromatic heterocycles. The molecule has 0 aliphatic heterocycles. The van der Waals surface area contributed by atoms with Crippen molar-refractivity contribution in [2.45, 2.75) is 51.2 Å². The number of carboxylic acid groups (broad SMARTS) is 1. The number of rotatable bonds is 7. The van der Waals surface area contributed by atoms with Crippen LogP contribution in [0.25, 0.3) is 0 Å². The number of hydrogen-bond donors (Lipinski definition) is 4. The van der Waals surface area contributed by atoms with Crippen molar-refractivity contribution in [1.82, 2.24) is 0 Å². The molecule has 0 amide bonds. The van der Waals surface area contributed by atoms with Crippen molar-refractivity contribution < 1.29 is 15.0 Å². The van der Waals surface area contributed by atoms with Crippen LogP contribution in [0.5, 0.6) is 0 Å². The van der Waals surface area contributed by atoms with Crippen LogP contribution in [0.2, 0.25) is 0 Å². The number of aliphatic carboxylic acids is 1. The molecular formula is C24H32N2O3. The number of benzene rings is 2. The fraction of sp³-hybridized carbons (Fsp3) is 0.458. The van der Waals surface area contributed by atoms with Crippen LogP contribution in [0.15, 0.2) is 48.5 Å². The Kier molecular flexibility index (Phi) is 6.80. The Balaban J connectivity index is 1.78. The highest BCUT2D eigenvalue weighted by Crippen LogP contribution is 2.43. The number of carbonyl (C=O) groups is 1. The van der Waals surface area contributed by atoms with E-state index in [0.29, 0.717) is 12.3 Å². The first-order valence-electron chi connectivity index (χ1n) is 10.5. The summed E-state index contributed by atoms with van der Waals surface area (Å²) in [5.74, 6) is -1.47.